The highest BCUT2D eigenvalue weighted by Gasteiger charge is 2.67. The molecule has 7 atom stereocenters. The molecule has 1 saturated heterocycles. The molecule has 0 radical (unpaired) electrons. The number of benzene rings is 1. The molecule has 2 saturated carbocycles. The number of alkyl halides is 2. The van der Waals surface area contributed by atoms with Gasteiger partial charge in [-0.3, -0.25) is 19.3 Å². The van der Waals surface area contributed by atoms with Crippen LogP contribution >= 0.6 is 43.5 Å². The first-order valence-corrected chi connectivity index (χ1v) is 11.2. The summed E-state index contributed by atoms with van der Waals surface area (Å²) in [6.07, 6.45) is 0.870. The largest absolute Gasteiger partial charge is 0.324 e. The fourth-order valence-corrected chi connectivity index (χ4v) is 6.84. The van der Waals surface area contributed by atoms with Gasteiger partial charge in [-0.2, -0.15) is 0 Å². The van der Waals surface area contributed by atoms with Crippen molar-refractivity contribution in [1.29, 1.82) is 0 Å². The first-order chi connectivity index (χ1) is 12.7. The van der Waals surface area contributed by atoms with E-state index >= 15 is 0 Å². The van der Waals surface area contributed by atoms with E-state index in [2.05, 4.69) is 37.2 Å². The zero-order chi connectivity index (χ0) is 19.6. The predicted molar refractivity (Wildman–Crippen MR) is 110 cm³/mol. The van der Waals surface area contributed by atoms with Crippen LogP contribution < -0.4 is 5.32 Å². The minimum atomic E-state index is -0.863. The molecule has 2 aliphatic carbocycles. The summed E-state index contributed by atoms with van der Waals surface area (Å²) in [5.41, 5.74) is 1.45. The molecule has 0 unspecified atom stereocenters. The highest BCUT2D eigenvalue weighted by Crippen LogP contribution is 2.60. The molecule has 1 aromatic carbocycles. The highest BCUT2D eigenvalue weighted by atomic mass is 79.9. The molecule has 1 aromatic rings. The number of carbonyl (C=O) groups excluding carboxylic acids is 3. The first-order valence-electron chi connectivity index (χ1n) is 8.94. The summed E-state index contributed by atoms with van der Waals surface area (Å²) in [5.74, 6) is -1.19. The maximum atomic E-state index is 13.0. The molecule has 2 bridgehead atoms. The number of nitrogens with zero attached hydrogens (tertiary/aromatic N) is 1. The van der Waals surface area contributed by atoms with E-state index in [1.807, 2.05) is 13.0 Å². The van der Waals surface area contributed by atoms with Gasteiger partial charge in [0.25, 0.3) is 0 Å². The van der Waals surface area contributed by atoms with E-state index in [4.69, 9.17) is 11.6 Å². The zero-order valence-corrected chi connectivity index (χ0v) is 18.7. The lowest BCUT2D eigenvalue weighted by molar-refractivity contribution is -0.146. The second-order valence-corrected chi connectivity index (χ2v) is 10.2. The normalized spacial score (nSPS) is 35.5. The van der Waals surface area contributed by atoms with Crippen molar-refractivity contribution >= 4 is 66.9 Å². The Hall–Kier alpha value is -0.920. The molecule has 1 N–H and O–H groups in total. The SMILES string of the molecule is Cc1ccc(NC(=O)[C@@H](C)N2C(=O)[C@@H]3[C@@H]4C[C@H]([C@H](Br)[C@@H]4Br)[C@@H]3C2=O)cc1Cl. The van der Waals surface area contributed by atoms with Gasteiger partial charge in [0.05, 0.1) is 11.8 Å². The molecular weight excluding hydrogens is 499 g/mol. The van der Waals surface area contributed by atoms with Crippen molar-refractivity contribution in [2.24, 2.45) is 23.7 Å². The summed E-state index contributed by atoms with van der Waals surface area (Å²) in [7, 11) is 0. The van der Waals surface area contributed by atoms with Gasteiger partial charge in [-0.05, 0) is 49.8 Å². The van der Waals surface area contributed by atoms with Gasteiger partial charge in [0.15, 0.2) is 0 Å². The maximum absolute atomic E-state index is 13.0. The summed E-state index contributed by atoms with van der Waals surface area (Å²) in [5, 5.41) is 3.31. The van der Waals surface area contributed by atoms with E-state index in [1.165, 1.54) is 4.90 Å². The molecule has 4 rings (SSSR count). The number of hydrogen-bond acceptors (Lipinski definition) is 3. The standard InChI is InChI=1S/C19H19Br2ClN2O3/c1-7-3-4-9(5-12(7)22)23-17(25)8(2)24-18(26)13-10-6-11(14(13)19(24)27)16(21)15(10)20/h3-5,8,10-11,13-16H,6H2,1-2H3,(H,23,25)/t8-,10+,11+,13-,14+,15-,16+/m1/s1. The number of likely N-dealkylation sites (tertiary alicyclic amines) is 1. The van der Waals surface area contributed by atoms with Gasteiger partial charge in [0, 0.05) is 20.4 Å². The van der Waals surface area contributed by atoms with E-state index in [0.29, 0.717) is 10.7 Å². The van der Waals surface area contributed by atoms with Crippen LogP contribution in [0.15, 0.2) is 18.2 Å². The third-order valence-corrected chi connectivity index (χ3v) is 9.84. The van der Waals surface area contributed by atoms with Gasteiger partial charge in [0.1, 0.15) is 6.04 Å². The third kappa shape index (κ3) is 2.88. The van der Waals surface area contributed by atoms with E-state index in [-0.39, 0.29) is 45.1 Å². The van der Waals surface area contributed by atoms with Crippen LogP contribution in [0, 0.1) is 30.6 Å². The number of anilines is 1. The number of halogens is 3. The van der Waals surface area contributed by atoms with Crippen molar-refractivity contribution < 1.29 is 14.4 Å². The number of imide groups is 1. The van der Waals surface area contributed by atoms with Crippen LogP contribution in [0.2, 0.25) is 5.02 Å². The molecule has 1 heterocycles. The summed E-state index contributed by atoms with van der Waals surface area (Å²) in [4.78, 5) is 40.2. The number of fused-ring (bicyclic) bond motifs is 5. The Labute approximate surface area is 179 Å². The first kappa shape index (κ1) is 19.4. The summed E-state index contributed by atoms with van der Waals surface area (Å²) in [6, 6.07) is 4.36. The van der Waals surface area contributed by atoms with Crippen LogP contribution in [0.1, 0.15) is 18.9 Å². The average molecular weight is 519 g/mol. The van der Waals surface area contributed by atoms with E-state index in [1.54, 1.807) is 19.1 Å². The van der Waals surface area contributed by atoms with Crippen molar-refractivity contribution in [3.63, 3.8) is 0 Å². The smallest absolute Gasteiger partial charge is 0.247 e. The Morgan fingerprint density at radius 3 is 2.26 bits per heavy atom. The van der Waals surface area contributed by atoms with Crippen LogP contribution in [0.25, 0.3) is 0 Å². The van der Waals surface area contributed by atoms with E-state index < -0.39 is 11.9 Å². The molecule has 3 aliphatic rings. The van der Waals surface area contributed by atoms with Crippen LogP contribution in [0.5, 0.6) is 0 Å². The van der Waals surface area contributed by atoms with Gasteiger partial charge in [-0.1, -0.05) is 49.5 Å². The lowest BCUT2D eigenvalue weighted by Gasteiger charge is -2.28. The third-order valence-electron chi connectivity index (χ3n) is 6.23. The fraction of sp³-hybridized carbons (Fsp3) is 0.526. The van der Waals surface area contributed by atoms with Crippen molar-refractivity contribution in [2.75, 3.05) is 5.32 Å². The van der Waals surface area contributed by atoms with Gasteiger partial charge >= 0.3 is 0 Å². The van der Waals surface area contributed by atoms with Crippen molar-refractivity contribution in [3.05, 3.63) is 28.8 Å². The average Bonchev–Trinajstić information content (AvgIpc) is 3.22. The molecule has 8 heteroatoms. The van der Waals surface area contributed by atoms with Crippen molar-refractivity contribution in [2.45, 2.75) is 36.0 Å². The van der Waals surface area contributed by atoms with Crippen molar-refractivity contribution in [1.82, 2.24) is 4.90 Å². The molecule has 144 valence electrons. The van der Waals surface area contributed by atoms with Crippen LogP contribution in [-0.4, -0.2) is 38.3 Å². The van der Waals surface area contributed by atoms with Gasteiger partial charge in [-0.15, -0.1) is 0 Å². The van der Waals surface area contributed by atoms with Gasteiger partial charge in [-0.25, -0.2) is 0 Å². The Bertz CT molecular complexity index is 816. The quantitative estimate of drug-likeness (QED) is 0.490. The van der Waals surface area contributed by atoms with Crippen molar-refractivity contribution in [3.8, 4) is 0 Å². The molecule has 3 fully saturated rings. The molecule has 5 nitrogen and oxygen atoms in total. The molecule has 3 amide bonds. The van der Waals surface area contributed by atoms with Gasteiger partial charge in [0.2, 0.25) is 17.7 Å². The predicted octanol–water partition coefficient (Wildman–Crippen LogP) is 3.75. The number of amides is 3. The highest BCUT2D eigenvalue weighted by molar-refractivity contribution is 9.12. The second-order valence-electron chi connectivity index (χ2n) is 7.68. The maximum Gasteiger partial charge on any atom is 0.247 e. The number of aryl methyl sites for hydroxylation is 1. The number of hydrogen-bond donors (Lipinski definition) is 1. The monoisotopic (exact) mass is 516 g/mol. The summed E-state index contributed by atoms with van der Waals surface area (Å²) < 4.78 is 0. The fourth-order valence-electron chi connectivity index (χ4n) is 4.79. The molecule has 1 aliphatic heterocycles. The molecule has 0 aromatic heterocycles. The second kappa shape index (κ2) is 6.85. The Kier molecular flexibility index (Phi) is 4.92. The number of rotatable bonds is 3. The Morgan fingerprint density at radius 2 is 1.74 bits per heavy atom. The number of carbonyl (C=O) groups is 3. The molecular formula is C19H19Br2ClN2O3. The van der Waals surface area contributed by atoms with Gasteiger partial charge < -0.3 is 5.32 Å². The summed E-state index contributed by atoms with van der Waals surface area (Å²) in [6.45, 7) is 3.47. The Balaban J connectivity index is 1.53. The summed E-state index contributed by atoms with van der Waals surface area (Å²) >= 11 is 13.4. The molecule has 27 heavy (non-hydrogen) atoms. The van der Waals surface area contributed by atoms with Crippen LogP contribution in [0.4, 0.5) is 5.69 Å². The topological polar surface area (TPSA) is 66.5 Å². The number of nitrogens with one attached hydrogen (secondary N) is 1. The lowest BCUT2D eigenvalue weighted by Crippen LogP contribution is -2.46. The van der Waals surface area contributed by atoms with Crippen LogP contribution in [-0.2, 0) is 14.4 Å². The Morgan fingerprint density at radius 1 is 1.19 bits per heavy atom. The zero-order valence-electron chi connectivity index (χ0n) is 14.8. The van der Waals surface area contributed by atoms with Crippen LogP contribution in [0.3, 0.4) is 0 Å². The van der Waals surface area contributed by atoms with E-state index in [0.717, 1.165) is 12.0 Å². The molecule has 0 spiro atoms. The minimum Gasteiger partial charge on any atom is -0.324 e. The van der Waals surface area contributed by atoms with E-state index in [9.17, 15) is 14.4 Å². The minimum absolute atomic E-state index is 0.136. The lowest BCUT2D eigenvalue weighted by atomic mass is 9.81.